The van der Waals surface area contributed by atoms with Gasteiger partial charge in [0.25, 0.3) is 0 Å². The molecule has 2 aromatic rings. The standard InChI is InChI=1S/C14H21O.C11H15.Co.O/c1-3-4-5-7-10-13(2)15-14-11-8-6-9-12-14;1-2-3-5-8-11-9-6-4-7-10-11;;/h8-9,11-13H,3-5,7,10H2,1-2H3;6-7,9-10H,2-3,5,8H2,1H3;;/q2*-1;;. The first-order valence-corrected chi connectivity index (χ1v) is 10.9. The Kier molecular flexibility index (Phi) is 19.2. The molecule has 1 atom stereocenters. The number of rotatable bonds is 11. The van der Waals surface area contributed by atoms with E-state index in [1.54, 1.807) is 0 Å². The van der Waals surface area contributed by atoms with E-state index in [1.165, 1.54) is 56.9 Å². The maximum absolute atomic E-state index is 7.94. The SMILES string of the molecule is CCCCCCC(C)Oc1cc[c-]cc1.CCCCCc1cc[c-]cc1.[O]=[Co]. The molecule has 159 valence electrons. The van der Waals surface area contributed by atoms with E-state index >= 15 is 0 Å². The minimum absolute atomic E-state index is 0.323. The van der Waals surface area contributed by atoms with E-state index in [-0.39, 0.29) is 0 Å². The number of hydrogen-bond acceptors (Lipinski definition) is 2. The average Bonchev–Trinajstić information content (AvgIpc) is 2.75. The first kappa shape index (κ1) is 26.5. The third kappa shape index (κ3) is 15.6. The van der Waals surface area contributed by atoms with E-state index < -0.39 is 0 Å². The molecule has 0 aromatic heterocycles. The molecule has 1 unspecified atom stereocenters. The molecule has 0 saturated carbocycles. The van der Waals surface area contributed by atoms with Gasteiger partial charge in [-0.25, -0.2) is 0 Å². The van der Waals surface area contributed by atoms with Crippen molar-refractivity contribution in [3.8, 4) is 5.75 Å². The van der Waals surface area contributed by atoms with Crippen LogP contribution in [0.3, 0.4) is 0 Å². The van der Waals surface area contributed by atoms with E-state index in [4.69, 9.17) is 8.60 Å². The zero-order chi connectivity index (χ0) is 20.9. The van der Waals surface area contributed by atoms with Crippen molar-refractivity contribution >= 4 is 0 Å². The molecule has 0 fully saturated rings. The summed E-state index contributed by atoms with van der Waals surface area (Å²) in [6, 6.07) is 22.0. The molecule has 0 N–H and O–H groups in total. The summed E-state index contributed by atoms with van der Waals surface area (Å²) in [6.07, 6.45) is 11.9. The van der Waals surface area contributed by atoms with Gasteiger partial charge in [-0.3, -0.25) is 0 Å². The van der Waals surface area contributed by atoms with Gasteiger partial charge in [0.15, 0.2) is 0 Å². The fourth-order valence-corrected chi connectivity index (χ4v) is 2.77. The van der Waals surface area contributed by atoms with E-state index in [2.05, 4.69) is 60.7 Å². The number of hydrogen-bond donors (Lipinski definition) is 0. The van der Waals surface area contributed by atoms with Crippen molar-refractivity contribution in [2.75, 3.05) is 0 Å². The molecule has 0 spiro atoms. The summed E-state index contributed by atoms with van der Waals surface area (Å²) in [5, 5.41) is 0. The van der Waals surface area contributed by atoms with E-state index in [1.807, 2.05) is 36.4 Å². The van der Waals surface area contributed by atoms with E-state index in [0.29, 0.717) is 6.10 Å². The summed E-state index contributed by atoms with van der Waals surface area (Å²) < 4.78 is 13.7. The molecule has 0 amide bonds. The Bertz CT molecular complexity index is 545. The Morgan fingerprint density at radius 1 is 0.821 bits per heavy atom. The van der Waals surface area contributed by atoms with Gasteiger partial charge in [-0.15, -0.1) is 12.1 Å². The number of ether oxygens (including phenoxy) is 1. The number of benzene rings is 2. The number of aryl methyl sites for hydroxylation is 1. The van der Waals surface area contributed by atoms with Gasteiger partial charge in [-0.2, -0.15) is 54.1 Å². The van der Waals surface area contributed by atoms with Crippen LogP contribution < -0.4 is 4.74 Å². The normalized spacial score (nSPS) is 10.7. The number of unbranched alkanes of at least 4 members (excludes halogenated alkanes) is 5. The van der Waals surface area contributed by atoms with Crippen molar-refractivity contribution in [3.05, 3.63) is 66.2 Å². The van der Waals surface area contributed by atoms with Crippen LogP contribution in [-0.2, 0) is 26.0 Å². The molecule has 0 bridgehead atoms. The van der Waals surface area contributed by atoms with Crippen LogP contribution in [0.15, 0.2) is 48.5 Å². The third-order valence-corrected chi connectivity index (χ3v) is 4.35. The van der Waals surface area contributed by atoms with Crippen molar-refractivity contribution < 1.29 is 24.3 Å². The predicted octanol–water partition coefficient (Wildman–Crippen LogP) is 7.32. The topological polar surface area (TPSA) is 26.3 Å². The van der Waals surface area contributed by atoms with Crippen molar-refractivity contribution in [1.29, 1.82) is 0 Å². The van der Waals surface area contributed by atoms with E-state index in [0.717, 1.165) is 12.2 Å². The van der Waals surface area contributed by atoms with Gasteiger partial charge in [-0.1, -0.05) is 58.8 Å². The second-order valence-electron chi connectivity index (χ2n) is 6.88. The van der Waals surface area contributed by atoms with Gasteiger partial charge in [0.05, 0.1) is 6.10 Å². The molecule has 28 heavy (non-hydrogen) atoms. The van der Waals surface area contributed by atoms with Crippen LogP contribution in [0.25, 0.3) is 0 Å². The Morgan fingerprint density at radius 3 is 1.93 bits per heavy atom. The fourth-order valence-electron chi connectivity index (χ4n) is 2.77. The Hall–Kier alpha value is -1.45. The monoisotopic (exact) mass is 427 g/mol. The molecular weight excluding hydrogens is 391 g/mol. The van der Waals surface area contributed by atoms with Crippen molar-refractivity contribution in [3.63, 3.8) is 0 Å². The molecule has 2 aromatic carbocycles. The molecule has 0 heterocycles. The first-order valence-electron chi connectivity index (χ1n) is 10.5. The molecular formula is C25H36CoO2-2. The van der Waals surface area contributed by atoms with Crippen molar-refractivity contribution in [1.82, 2.24) is 0 Å². The molecule has 0 aliphatic heterocycles. The minimum atomic E-state index is 0.323. The van der Waals surface area contributed by atoms with Gasteiger partial charge < -0.3 is 4.74 Å². The van der Waals surface area contributed by atoms with Crippen molar-refractivity contribution in [2.45, 2.75) is 84.7 Å². The van der Waals surface area contributed by atoms with Crippen LogP contribution in [0.5, 0.6) is 5.75 Å². The molecule has 2 nitrogen and oxygen atoms in total. The molecule has 0 aliphatic carbocycles. The Balaban J connectivity index is 0.000000497. The summed E-state index contributed by atoms with van der Waals surface area (Å²) >= 11 is 2.31. The summed E-state index contributed by atoms with van der Waals surface area (Å²) in [4.78, 5) is 0. The van der Waals surface area contributed by atoms with Gasteiger partial charge in [0.2, 0.25) is 0 Å². The van der Waals surface area contributed by atoms with Crippen LogP contribution in [-0.4, -0.2) is 6.10 Å². The molecule has 2 rings (SSSR count). The molecule has 0 aliphatic rings. The molecule has 0 radical (unpaired) electrons. The maximum atomic E-state index is 7.94. The Labute approximate surface area is 180 Å². The van der Waals surface area contributed by atoms with Crippen molar-refractivity contribution in [2.24, 2.45) is 0 Å². The van der Waals surface area contributed by atoms with Crippen LogP contribution in [0.1, 0.15) is 77.7 Å². The second-order valence-corrected chi connectivity index (χ2v) is 6.88. The van der Waals surface area contributed by atoms with Gasteiger partial charge in [0.1, 0.15) is 0 Å². The van der Waals surface area contributed by atoms with Crippen LogP contribution in [0, 0.1) is 12.1 Å². The van der Waals surface area contributed by atoms with Gasteiger partial charge in [-0.05, 0) is 19.8 Å². The average molecular weight is 427 g/mol. The zero-order valence-electron chi connectivity index (χ0n) is 17.7. The first-order chi connectivity index (χ1) is 13.8. The van der Waals surface area contributed by atoms with Crippen LogP contribution >= 0.6 is 0 Å². The zero-order valence-corrected chi connectivity index (χ0v) is 18.8. The third-order valence-electron chi connectivity index (χ3n) is 4.35. The second kappa shape index (κ2) is 20.3. The molecule has 0 saturated heterocycles. The summed E-state index contributed by atoms with van der Waals surface area (Å²) in [7, 11) is 0. The summed E-state index contributed by atoms with van der Waals surface area (Å²) in [5.41, 5.74) is 1.44. The molecule has 3 heteroatoms. The summed E-state index contributed by atoms with van der Waals surface area (Å²) in [6.45, 7) is 6.61. The Morgan fingerprint density at radius 2 is 1.36 bits per heavy atom. The quantitative estimate of drug-likeness (QED) is 0.277. The van der Waals surface area contributed by atoms with E-state index in [9.17, 15) is 0 Å². The van der Waals surface area contributed by atoms with Gasteiger partial charge in [0, 0.05) is 5.75 Å². The summed E-state index contributed by atoms with van der Waals surface area (Å²) in [5.74, 6) is 0.955. The van der Waals surface area contributed by atoms with Crippen LogP contribution in [0.2, 0.25) is 0 Å². The van der Waals surface area contributed by atoms with Gasteiger partial charge >= 0.3 is 19.5 Å². The predicted molar refractivity (Wildman–Crippen MR) is 113 cm³/mol. The van der Waals surface area contributed by atoms with Crippen LogP contribution in [0.4, 0.5) is 0 Å². The fraction of sp³-hybridized carbons (Fsp3) is 0.520.